The molecule has 1 unspecified atom stereocenters. The molecule has 2 heteroatoms. The molecule has 1 atom stereocenters. The molecule has 1 aliphatic rings. The molecule has 0 amide bonds. The van der Waals surface area contributed by atoms with Gasteiger partial charge in [0.25, 0.3) is 0 Å². The van der Waals surface area contributed by atoms with E-state index in [1.807, 2.05) is 19.1 Å². The van der Waals surface area contributed by atoms with Crippen LogP contribution in [0.5, 0.6) is 0 Å². The third-order valence-corrected chi connectivity index (χ3v) is 5.08. The molecule has 0 saturated heterocycles. The fraction of sp³-hybridized carbons (Fsp3) is 0.650. The lowest BCUT2D eigenvalue weighted by molar-refractivity contribution is 0.0729. The second-order valence-corrected chi connectivity index (χ2v) is 6.80. The Kier molecular flexibility index (Phi) is 6.63. The zero-order chi connectivity index (χ0) is 15.9. The van der Waals surface area contributed by atoms with Crippen LogP contribution >= 0.6 is 0 Å². The lowest BCUT2D eigenvalue weighted by Crippen LogP contribution is -2.20. The molecule has 22 heavy (non-hydrogen) atoms. The summed E-state index contributed by atoms with van der Waals surface area (Å²) in [5.41, 5.74) is 2.00. The zero-order valence-electron chi connectivity index (χ0n) is 14.1. The van der Waals surface area contributed by atoms with Crippen molar-refractivity contribution in [1.29, 1.82) is 0 Å². The molecule has 1 aromatic rings. The first-order chi connectivity index (χ1) is 10.7. The van der Waals surface area contributed by atoms with E-state index in [1.165, 1.54) is 44.1 Å². The molecule has 2 rings (SSSR count). The third kappa shape index (κ3) is 4.42. The van der Waals surface area contributed by atoms with Gasteiger partial charge in [-0.1, -0.05) is 57.4 Å². The number of ketones is 1. The van der Waals surface area contributed by atoms with Gasteiger partial charge in [0.15, 0.2) is 5.78 Å². The third-order valence-electron chi connectivity index (χ3n) is 5.08. The monoisotopic (exact) mass is 302 g/mol. The van der Waals surface area contributed by atoms with Crippen molar-refractivity contribution in [1.82, 2.24) is 0 Å². The molecule has 1 fully saturated rings. The van der Waals surface area contributed by atoms with Crippen LogP contribution in [0.3, 0.4) is 0 Å². The summed E-state index contributed by atoms with van der Waals surface area (Å²) in [6.45, 7) is 4.25. The first-order valence-corrected chi connectivity index (χ1v) is 8.97. The maximum absolute atomic E-state index is 12.1. The zero-order valence-corrected chi connectivity index (χ0v) is 14.1. The Labute approximate surface area is 134 Å². The smallest absolute Gasteiger partial charge is 0.191 e. The molecule has 1 aromatic carbocycles. The van der Waals surface area contributed by atoms with E-state index >= 15 is 0 Å². The molecule has 0 spiro atoms. The highest BCUT2D eigenvalue weighted by atomic mass is 16.3. The summed E-state index contributed by atoms with van der Waals surface area (Å²) >= 11 is 0. The minimum absolute atomic E-state index is 0.139. The van der Waals surface area contributed by atoms with Gasteiger partial charge in [-0.25, -0.2) is 0 Å². The highest BCUT2D eigenvalue weighted by Crippen LogP contribution is 2.37. The van der Waals surface area contributed by atoms with Crippen LogP contribution in [0.1, 0.15) is 87.1 Å². The molecule has 0 aliphatic heterocycles. The van der Waals surface area contributed by atoms with E-state index in [-0.39, 0.29) is 5.78 Å². The molecule has 0 heterocycles. The molecule has 2 nitrogen and oxygen atoms in total. The summed E-state index contributed by atoms with van der Waals surface area (Å²) in [7, 11) is 0. The molecule has 1 N–H and O–H groups in total. The predicted octanol–water partition coefficient (Wildman–Crippen LogP) is 5.10. The van der Waals surface area contributed by atoms with Crippen LogP contribution in [0.25, 0.3) is 0 Å². The van der Waals surface area contributed by atoms with Crippen molar-refractivity contribution in [2.24, 2.45) is 5.92 Å². The van der Waals surface area contributed by atoms with Crippen LogP contribution in [0.4, 0.5) is 0 Å². The fourth-order valence-corrected chi connectivity index (χ4v) is 3.71. The van der Waals surface area contributed by atoms with Gasteiger partial charge in [0.2, 0.25) is 0 Å². The summed E-state index contributed by atoms with van der Waals surface area (Å²) in [4.78, 5) is 12.1. The van der Waals surface area contributed by atoms with Crippen LogP contribution in [0, 0.1) is 5.92 Å². The van der Waals surface area contributed by atoms with Crippen LogP contribution < -0.4 is 0 Å². The second kappa shape index (κ2) is 8.47. The molecule has 0 radical (unpaired) electrons. The van der Waals surface area contributed by atoms with Crippen molar-refractivity contribution < 1.29 is 9.90 Å². The Balaban J connectivity index is 1.93. The second-order valence-electron chi connectivity index (χ2n) is 6.80. The minimum atomic E-state index is -0.847. The SMILES string of the molecule is CCCC1CCC(c2ccc(C(=O)C(O)CCC)cc2)CC1. The molecule has 122 valence electrons. The van der Waals surface area contributed by atoms with E-state index in [1.54, 1.807) is 0 Å². The topological polar surface area (TPSA) is 37.3 Å². The summed E-state index contributed by atoms with van der Waals surface area (Å²) < 4.78 is 0. The number of carbonyl (C=O) groups excluding carboxylic acids is 1. The predicted molar refractivity (Wildman–Crippen MR) is 91.3 cm³/mol. The normalized spacial score (nSPS) is 23.2. The van der Waals surface area contributed by atoms with E-state index < -0.39 is 6.10 Å². The number of benzene rings is 1. The Morgan fingerprint density at radius 3 is 2.27 bits per heavy atom. The fourth-order valence-electron chi connectivity index (χ4n) is 3.71. The van der Waals surface area contributed by atoms with Gasteiger partial charge in [-0.15, -0.1) is 0 Å². The summed E-state index contributed by atoms with van der Waals surface area (Å²) in [6.07, 6.45) is 8.42. The van der Waals surface area contributed by atoms with Crippen molar-refractivity contribution in [2.75, 3.05) is 0 Å². The largest absolute Gasteiger partial charge is 0.385 e. The van der Waals surface area contributed by atoms with Gasteiger partial charge in [0, 0.05) is 5.56 Å². The van der Waals surface area contributed by atoms with Crippen molar-refractivity contribution in [2.45, 2.75) is 77.2 Å². The number of Topliss-reactive ketones (excluding diaryl/α,β-unsaturated/α-hetero) is 1. The van der Waals surface area contributed by atoms with E-state index in [0.717, 1.165) is 12.3 Å². The Morgan fingerprint density at radius 1 is 1.09 bits per heavy atom. The summed E-state index contributed by atoms with van der Waals surface area (Å²) in [6, 6.07) is 7.98. The molecule has 1 aliphatic carbocycles. The summed E-state index contributed by atoms with van der Waals surface area (Å²) in [5, 5.41) is 9.82. The minimum Gasteiger partial charge on any atom is -0.385 e. The first-order valence-electron chi connectivity index (χ1n) is 8.97. The molecule has 0 bridgehead atoms. The maximum atomic E-state index is 12.1. The number of aliphatic hydroxyl groups excluding tert-OH is 1. The van der Waals surface area contributed by atoms with Crippen LogP contribution in [0.15, 0.2) is 24.3 Å². The van der Waals surface area contributed by atoms with Crippen LogP contribution in [0.2, 0.25) is 0 Å². The van der Waals surface area contributed by atoms with E-state index in [0.29, 0.717) is 17.9 Å². The lowest BCUT2D eigenvalue weighted by Gasteiger charge is -2.28. The van der Waals surface area contributed by atoms with Gasteiger partial charge in [0.05, 0.1) is 0 Å². The van der Waals surface area contributed by atoms with Gasteiger partial charge in [-0.05, 0) is 49.5 Å². The highest BCUT2D eigenvalue weighted by molar-refractivity contribution is 5.99. The van der Waals surface area contributed by atoms with Gasteiger partial charge in [-0.3, -0.25) is 4.79 Å². The van der Waals surface area contributed by atoms with Gasteiger partial charge in [-0.2, -0.15) is 0 Å². The highest BCUT2D eigenvalue weighted by Gasteiger charge is 2.22. The quantitative estimate of drug-likeness (QED) is 0.711. The average Bonchev–Trinajstić information content (AvgIpc) is 2.55. The van der Waals surface area contributed by atoms with Gasteiger partial charge >= 0.3 is 0 Å². The number of rotatable bonds is 7. The van der Waals surface area contributed by atoms with E-state index in [9.17, 15) is 9.90 Å². The van der Waals surface area contributed by atoms with Crippen molar-refractivity contribution in [3.63, 3.8) is 0 Å². The number of carbonyl (C=O) groups is 1. The Bertz CT molecular complexity index is 455. The first kappa shape index (κ1) is 17.2. The number of hydrogen-bond donors (Lipinski definition) is 1. The van der Waals surface area contributed by atoms with E-state index in [4.69, 9.17) is 0 Å². The molecular weight excluding hydrogens is 272 g/mol. The summed E-state index contributed by atoms with van der Waals surface area (Å²) in [5.74, 6) is 1.43. The average molecular weight is 302 g/mol. The molecular formula is C20H30O2. The molecule has 1 saturated carbocycles. The maximum Gasteiger partial charge on any atom is 0.191 e. The van der Waals surface area contributed by atoms with Crippen molar-refractivity contribution >= 4 is 5.78 Å². The number of aliphatic hydroxyl groups is 1. The van der Waals surface area contributed by atoms with Crippen LogP contribution in [-0.2, 0) is 0 Å². The van der Waals surface area contributed by atoms with Crippen molar-refractivity contribution in [3.05, 3.63) is 35.4 Å². The number of hydrogen-bond acceptors (Lipinski definition) is 2. The van der Waals surface area contributed by atoms with Crippen LogP contribution in [-0.4, -0.2) is 17.0 Å². The van der Waals surface area contributed by atoms with Gasteiger partial charge < -0.3 is 5.11 Å². The molecule has 0 aromatic heterocycles. The lowest BCUT2D eigenvalue weighted by atomic mass is 9.77. The Morgan fingerprint density at radius 2 is 1.73 bits per heavy atom. The Hall–Kier alpha value is -1.15. The van der Waals surface area contributed by atoms with Crippen molar-refractivity contribution in [3.8, 4) is 0 Å². The standard InChI is InChI=1S/C20H30O2/c1-3-5-15-7-9-16(10-8-15)17-11-13-18(14-12-17)20(22)19(21)6-4-2/h11-16,19,21H,3-10H2,1-2H3. The van der Waals surface area contributed by atoms with E-state index in [2.05, 4.69) is 19.1 Å². The van der Waals surface area contributed by atoms with Gasteiger partial charge in [0.1, 0.15) is 6.10 Å².